The van der Waals surface area contributed by atoms with Gasteiger partial charge in [0, 0.05) is 12.8 Å². The van der Waals surface area contributed by atoms with E-state index < -0.39 is 5.97 Å². The number of ether oxygens (including phenoxy) is 1. The lowest BCUT2D eigenvalue weighted by molar-refractivity contribution is -0.147. The number of rotatable bonds is 20. The van der Waals surface area contributed by atoms with Crippen LogP contribution in [0.3, 0.4) is 0 Å². The summed E-state index contributed by atoms with van der Waals surface area (Å²) in [5.74, 6) is -0.801. The molecule has 0 bridgehead atoms. The molecular weight excluding hydrogens is 376 g/mol. The Hall–Kier alpha value is -1.84. The number of carboxylic acids is 1. The number of carboxylic acid groups (broad SMARTS) is 1. The molecule has 1 atom stereocenters. The zero-order chi connectivity index (χ0) is 22.3. The van der Waals surface area contributed by atoms with E-state index in [-0.39, 0.29) is 18.5 Å². The van der Waals surface area contributed by atoms with Gasteiger partial charge in [0.2, 0.25) is 0 Å². The maximum atomic E-state index is 12.1. The molecule has 0 heterocycles. The molecule has 0 radical (unpaired) electrons. The average molecular weight is 421 g/mol. The fourth-order valence-electron chi connectivity index (χ4n) is 3.11. The first-order chi connectivity index (χ1) is 14.6. The van der Waals surface area contributed by atoms with Crippen LogP contribution in [0.4, 0.5) is 0 Å². The largest absolute Gasteiger partial charge is 0.481 e. The third-order valence-electron chi connectivity index (χ3n) is 4.86. The minimum Gasteiger partial charge on any atom is -0.481 e. The summed E-state index contributed by atoms with van der Waals surface area (Å²) in [4.78, 5) is 22.6. The number of hydrogen-bond donors (Lipinski definition) is 1. The van der Waals surface area contributed by atoms with Gasteiger partial charge in [-0.3, -0.25) is 9.59 Å². The second kappa shape index (κ2) is 21.9. The van der Waals surface area contributed by atoms with Crippen molar-refractivity contribution in [2.75, 3.05) is 0 Å². The molecule has 0 rings (SSSR count). The molecule has 0 aliphatic carbocycles. The molecular formula is C26H44O4. The predicted molar refractivity (Wildman–Crippen MR) is 126 cm³/mol. The monoisotopic (exact) mass is 420 g/mol. The van der Waals surface area contributed by atoms with E-state index >= 15 is 0 Å². The fraction of sp³-hybridized carbons (Fsp3) is 0.692. The van der Waals surface area contributed by atoms with E-state index in [1.165, 1.54) is 0 Å². The van der Waals surface area contributed by atoms with Crippen molar-refractivity contribution >= 4 is 11.9 Å². The number of hydrogen-bond acceptors (Lipinski definition) is 3. The Labute approximate surface area is 184 Å². The smallest absolute Gasteiger partial charge is 0.306 e. The number of esters is 1. The van der Waals surface area contributed by atoms with E-state index in [1.807, 2.05) is 6.08 Å². The second-order valence-electron chi connectivity index (χ2n) is 7.79. The number of carbonyl (C=O) groups is 2. The van der Waals surface area contributed by atoms with E-state index in [0.29, 0.717) is 6.42 Å². The highest BCUT2D eigenvalue weighted by atomic mass is 16.5. The lowest BCUT2D eigenvalue weighted by Crippen LogP contribution is -2.16. The maximum absolute atomic E-state index is 12.1. The second-order valence-corrected chi connectivity index (χ2v) is 7.79. The number of carbonyl (C=O) groups excluding carboxylic acids is 1. The van der Waals surface area contributed by atoms with Gasteiger partial charge in [-0.25, -0.2) is 0 Å². The highest BCUT2D eigenvalue weighted by molar-refractivity contribution is 5.69. The van der Waals surface area contributed by atoms with Gasteiger partial charge in [0.15, 0.2) is 0 Å². The van der Waals surface area contributed by atoms with Gasteiger partial charge in [-0.05, 0) is 51.0 Å². The Bertz CT molecular complexity index is 505. The predicted octanol–water partition coefficient (Wildman–Crippen LogP) is 7.54. The third-order valence-corrected chi connectivity index (χ3v) is 4.86. The lowest BCUT2D eigenvalue weighted by Gasteiger charge is -2.14. The number of aliphatic carboxylic acids is 1. The first-order valence-corrected chi connectivity index (χ1v) is 12.0. The van der Waals surface area contributed by atoms with E-state index in [1.54, 1.807) is 0 Å². The van der Waals surface area contributed by atoms with Crippen molar-refractivity contribution < 1.29 is 19.4 Å². The summed E-state index contributed by atoms with van der Waals surface area (Å²) < 4.78 is 5.70. The minimum atomic E-state index is -0.711. The van der Waals surface area contributed by atoms with Gasteiger partial charge < -0.3 is 9.84 Å². The van der Waals surface area contributed by atoms with Crippen LogP contribution in [-0.4, -0.2) is 23.1 Å². The van der Waals surface area contributed by atoms with Crippen molar-refractivity contribution in [2.45, 2.75) is 116 Å². The number of allylic oxidation sites excluding steroid dienone is 5. The molecule has 0 aromatic heterocycles. The molecule has 4 nitrogen and oxygen atoms in total. The van der Waals surface area contributed by atoms with E-state index in [0.717, 1.165) is 83.5 Å². The van der Waals surface area contributed by atoms with Crippen LogP contribution in [0, 0.1) is 0 Å². The zero-order valence-electron chi connectivity index (χ0n) is 19.3. The molecule has 30 heavy (non-hydrogen) atoms. The zero-order valence-corrected chi connectivity index (χ0v) is 19.3. The molecule has 0 amide bonds. The molecule has 0 saturated carbocycles. The normalized spacial score (nSPS) is 12.9. The highest BCUT2D eigenvalue weighted by Gasteiger charge is 2.11. The van der Waals surface area contributed by atoms with Crippen LogP contribution >= 0.6 is 0 Å². The molecule has 1 unspecified atom stereocenters. The first-order valence-electron chi connectivity index (χ1n) is 12.0. The SMILES string of the molecule is CC/C=C\C/C=C\C/C=C\C(CCCCCCCCC(=O)O)OC(=O)CCCCC. The van der Waals surface area contributed by atoms with Gasteiger partial charge in [-0.15, -0.1) is 0 Å². The van der Waals surface area contributed by atoms with Crippen LogP contribution in [0.15, 0.2) is 36.5 Å². The Balaban J connectivity index is 4.23. The highest BCUT2D eigenvalue weighted by Crippen LogP contribution is 2.14. The average Bonchev–Trinajstić information content (AvgIpc) is 2.71. The Morgan fingerprint density at radius 1 is 0.767 bits per heavy atom. The van der Waals surface area contributed by atoms with Crippen molar-refractivity contribution in [2.24, 2.45) is 0 Å². The molecule has 0 spiro atoms. The minimum absolute atomic E-state index is 0.0907. The molecule has 1 N–H and O–H groups in total. The van der Waals surface area contributed by atoms with Crippen LogP contribution in [0.1, 0.15) is 110 Å². The van der Waals surface area contributed by atoms with Crippen LogP contribution in [0.25, 0.3) is 0 Å². The summed E-state index contributed by atoms with van der Waals surface area (Å²) in [6.45, 7) is 4.26. The lowest BCUT2D eigenvalue weighted by atomic mass is 10.1. The van der Waals surface area contributed by atoms with Crippen molar-refractivity contribution in [1.82, 2.24) is 0 Å². The Morgan fingerprint density at radius 2 is 1.37 bits per heavy atom. The topological polar surface area (TPSA) is 63.6 Å². The van der Waals surface area contributed by atoms with Gasteiger partial charge in [0.05, 0.1) is 0 Å². The van der Waals surface area contributed by atoms with Crippen molar-refractivity contribution in [1.29, 1.82) is 0 Å². The van der Waals surface area contributed by atoms with Crippen LogP contribution < -0.4 is 0 Å². The molecule has 0 aromatic carbocycles. The van der Waals surface area contributed by atoms with E-state index in [4.69, 9.17) is 9.84 Å². The number of unbranched alkanes of at least 4 members (excludes halogenated alkanes) is 7. The van der Waals surface area contributed by atoms with Gasteiger partial charge in [0.25, 0.3) is 0 Å². The molecule has 0 aliphatic rings. The molecule has 172 valence electrons. The standard InChI is InChI=1S/C26H44O4/c1-3-5-7-8-9-10-13-17-20-24(30-26(29)23-16-6-4-2)21-18-14-11-12-15-19-22-25(27)28/h5,7,9-10,17,20,24H,3-4,6,8,11-16,18-19,21-23H2,1-2H3,(H,27,28)/b7-5-,10-9-,20-17-. The van der Waals surface area contributed by atoms with Crippen molar-refractivity contribution in [3.8, 4) is 0 Å². The fourth-order valence-corrected chi connectivity index (χ4v) is 3.11. The quantitative estimate of drug-likeness (QED) is 0.125. The molecule has 4 heteroatoms. The van der Waals surface area contributed by atoms with Crippen LogP contribution in [0.2, 0.25) is 0 Å². The molecule has 0 aliphatic heterocycles. The van der Waals surface area contributed by atoms with Gasteiger partial charge in [0.1, 0.15) is 6.10 Å². The summed E-state index contributed by atoms with van der Waals surface area (Å²) in [6, 6.07) is 0. The maximum Gasteiger partial charge on any atom is 0.306 e. The van der Waals surface area contributed by atoms with Gasteiger partial charge >= 0.3 is 11.9 Å². The Kier molecular flexibility index (Phi) is 20.5. The molecule has 0 fully saturated rings. The summed E-state index contributed by atoms with van der Waals surface area (Å²) in [6.07, 6.45) is 26.2. The molecule has 0 aromatic rings. The van der Waals surface area contributed by atoms with Crippen molar-refractivity contribution in [3.63, 3.8) is 0 Å². The summed E-state index contributed by atoms with van der Waals surface area (Å²) in [5, 5.41) is 8.65. The van der Waals surface area contributed by atoms with E-state index in [2.05, 4.69) is 44.2 Å². The third kappa shape index (κ3) is 20.9. The van der Waals surface area contributed by atoms with Gasteiger partial charge in [-0.2, -0.15) is 0 Å². The van der Waals surface area contributed by atoms with Gasteiger partial charge in [-0.1, -0.05) is 82.8 Å². The summed E-state index contributed by atoms with van der Waals surface area (Å²) in [5.41, 5.74) is 0. The summed E-state index contributed by atoms with van der Waals surface area (Å²) >= 11 is 0. The van der Waals surface area contributed by atoms with Crippen molar-refractivity contribution in [3.05, 3.63) is 36.5 Å². The summed E-state index contributed by atoms with van der Waals surface area (Å²) in [7, 11) is 0. The molecule has 0 saturated heterocycles. The van der Waals surface area contributed by atoms with E-state index in [9.17, 15) is 9.59 Å². The van der Waals surface area contributed by atoms with Crippen LogP contribution in [0.5, 0.6) is 0 Å². The first kappa shape index (κ1) is 28.2. The van der Waals surface area contributed by atoms with Crippen LogP contribution in [-0.2, 0) is 14.3 Å². The Morgan fingerprint density at radius 3 is 2.03 bits per heavy atom.